The summed E-state index contributed by atoms with van der Waals surface area (Å²) < 4.78 is 39.6. The Balaban J connectivity index is 1.88. The first-order chi connectivity index (χ1) is 9.93. The van der Waals surface area contributed by atoms with Crippen LogP contribution in [0.3, 0.4) is 0 Å². The van der Waals surface area contributed by atoms with Crippen molar-refractivity contribution in [3.63, 3.8) is 0 Å². The molecule has 0 unspecified atom stereocenters. The molecule has 0 radical (unpaired) electrons. The first-order valence-corrected chi connectivity index (χ1v) is 6.72. The van der Waals surface area contributed by atoms with E-state index in [-0.39, 0.29) is 0 Å². The molecule has 5 heteroatoms. The van der Waals surface area contributed by atoms with Gasteiger partial charge in [-0.1, -0.05) is 23.7 Å². The molecule has 0 atom stereocenters. The van der Waals surface area contributed by atoms with E-state index < -0.39 is 11.7 Å². The third kappa shape index (κ3) is 2.90. The first-order valence-electron chi connectivity index (χ1n) is 6.34. The summed E-state index contributed by atoms with van der Waals surface area (Å²) in [5, 5.41) is 1.67. The minimum absolute atomic E-state index is 0.517. The van der Waals surface area contributed by atoms with Crippen molar-refractivity contribution in [2.45, 2.75) is 12.7 Å². The fraction of sp³-hybridized carbons (Fsp3) is 0.125. The number of alkyl halides is 3. The molecular formula is C16H11ClF3N. The van der Waals surface area contributed by atoms with Crippen LogP contribution in [0, 0.1) is 0 Å². The van der Waals surface area contributed by atoms with E-state index >= 15 is 0 Å². The third-order valence-corrected chi connectivity index (χ3v) is 3.60. The van der Waals surface area contributed by atoms with E-state index in [1.807, 2.05) is 29.0 Å². The Kier molecular flexibility index (Phi) is 3.41. The van der Waals surface area contributed by atoms with Crippen LogP contribution in [0.4, 0.5) is 13.2 Å². The topological polar surface area (TPSA) is 4.93 Å². The zero-order valence-electron chi connectivity index (χ0n) is 10.9. The minimum atomic E-state index is -4.30. The molecule has 1 nitrogen and oxygen atoms in total. The number of hydrogen-bond acceptors (Lipinski definition) is 0. The number of fused-ring (bicyclic) bond motifs is 1. The highest BCUT2D eigenvalue weighted by Gasteiger charge is 2.29. The van der Waals surface area contributed by atoms with Gasteiger partial charge >= 0.3 is 6.18 Å². The molecule has 21 heavy (non-hydrogen) atoms. The van der Waals surface area contributed by atoms with E-state index in [1.165, 1.54) is 12.1 Å². The van der Waals surface area contributed by atoms with Crippen molar-refractivity contribution in [2.75, 3.05) is 0 Å². The zero-order chi connectivity index (χ0) is 15.0. The monoisotopic (exact) mass is 309 g/mol. The maximum atomic E-state index is 12.5. The van der Waals surface area contributed by atoms with Gasteiger partial charge in [-0.25, -0.2) is 0 Å². The van der Waals surface area contributed by atoms with Gasteiger partial charge in [-0.15, -0.1) is 0 Å². The minimum Gasteiger partial charge on any atom is -0.343 e. The lowest BCUT2D eigenvalue weighted by atomic mass is 10.1. The lowest BCUT2D eigenvalue weighted by Crippen LogP contribution is -2.05. The predicted octanol–water partition coefficient (Wildman–Crippen LogP) is 5.36. The van der Waals surface area contributed by atoms with Gasteiger partial charge < -0.3 is 4.57 Å². The van der Waals surface area contributed by atoms with Gasteiger partial charge in [0, 0.05) is 28.7 Å². The van der Waals surface area contributed by atoms with E-state index in [0.29, 0.717) is 11.6 Å². The maximum absolute atomic E-state index is 12.5. The van der Waals surface area contributed by atoms with Crippen LogP contribution in [0.15, 0.2) is 54.7 Å². The van der Waals surface area contributed by atoms with Crippen LogP contribution < -0.4 is 0 Å². The number of aromatic nitrogens is 1. The average Bonchev–Trinajstić information content (AvgIpc) is 2.80. The molecule has 0 saturated heterocycles. The first kappa shape index (κ1) is 14.0. The smallest absolute Gasteiger partial charge is 0.343 e. The van der Waals surface area contributed by atoms with Crippen molar-refractivity contribution in [3.05, 3.63) is 70.9 Å². The lowest BCUT2D eigenvalue weighted by molar-refractivity contribution is -0.137. The van der Waals surface area contributed by atoms with Gasteiger partial charge in [-0.3, -0.25) is 0 Å². The molecule has 0 amide bonds. The molecule has 3 rings (SSSR count). The highest BCUT2D eigenvalue weighted by atomic mass is 35.5. The molecule has 0 aliphatic rings. The van der Waals surface area contributed by atoms with Crippen molar-refractivity contribution in [3.8, 4) is 0 Å². The Labute approximate surface area is 124 Å². The van der Waals surface area contributed by atoms with E-state index in [4.69, 9.17) is 11.6 Å². The summed E-state index contributed by atoms with van der Waals surface area (Å²) in [5.41, 5.74) is 1.19. The molecule has 108 valence electrons. The summed E-state index contributed by atoms with van der Waals surface area (Å²) in [5.74, 6) is 0. The number of halogens is 4. The number of benzene rings is 2. The Morgan fingerprint density at radius 2 is 1.67 bits per heavy atom. The average molecular weight is 310 g/mol. The van der Waals surface area contributed by atoms with Gasteiger partial charge in [0.05, 0.1) is 5.56 Å². The van der Waals surface area contributed by atoms with Crippen LogP contribution in [0.5, 0.6) is 0 Å². The molecule has 0 fully saturated rings. The summed E-state index contributed by atoms with van der Waals surface area (Å²) in [7, 11) is 0. The summed E-state index contributed by atoms with van der Waals surface area (Å²) in [6.45, 7) is 0.517. The highest BCUT2D eigenvalue weighted by Crippen LogP contribution is 2.29. The second-order valence-corrected chi connectivity index (χ2v) is 5.28. The molecule has 2 aromatic carbocycles. The van der Waals surface area contributed by atoms with Crippen LogP contribution in [0.1, 0.15) is 11.1 Å². The van der Waals surface area contributed by atoms with Crippen LogP contribution in [-0.4, -0.2) is 4.57 Å². The molecule has 0 saturated carbocycles. The second-order valence-electron chi connectivity index (χ2n) is 4.84. The van der Waals surface area contributed by atoms with E-state index in [2.05, 4.69) is 0 Å². The molecule has 0 bridgehead atoms. The van der Waals surface area contributed by atoms with E-state index in [0.717, 1.165) is 28.6 Å². The summed E-state index contributed by atoms with van der Waals surface area (Å²) in [6, 6.07) is 12.7. The van der Waals surface area contributed by atoms with Crippen molar-refractivity contribution in [1.82, 2.24) is 4.57 Å². The van der Waals surface area contributed by atoms with Crippen molar-refractivity contribution in [1.29, 1.82) is 0 Å². The lowest BCUT2D eigenvalue weighted by Gasteiger charge is -2.09. The van der Waals surface area contributed by atoms with E-state index in [9.17, 15) is 13.2 Å². The molecule has 3 aromatic rings. The third-order valence-electron chi connectivity index (χ3n) is 3.37. The Hall–Kier alpha value is -1.94. The Morgan fingerprint density at radius 3 is 2.33 bits per heavy atom. The van der Waals surface area contributed by atoms with Gasteiger partial charge in [0.1, 0.15) is 0 Å². The van der Waals surface area contributed by atoms with Crippen molar-refractivity contribution >= 4 is 22.5 Å². The largest absolute Gasteiger partial charge is 0.416 e. The fourth-order valence-electron chi connectivity index (χ4n) is 2.30. The van der Waals surface area contributed by atoms with Crippen LogP contribution in [0.2, 0.25) is 5.02 Å². The SMILES string of the molecule is FC(F)(F)c1ccc(Cn2ccc3cc(Cl)ccc32)cc1. The molecule has 1 heterocycles. The molecule has 0 aliphatic carbocycles. The zero-order valence-corrected chi connectivity index (χ0v) is 11.6. The quantitative estimate of drug-likeness (QED) is 0.600. The number of nitrogens with zero attached hydrogens (tertiary/aromatic N) is 1. The maximum Gasteiger partial charge on any atom is 0.416 e. The van der Waals surface area contributed by atoms with Crippen LogP contribution in [0.25, 0.3) is 10.9 Å². The normalized spacial score (nSPS) is 12.0. The molecule has 0 N–H and O–H groups in total. The summed E-state index contributed by atoms with van der Waals surface area (Å²) in [6.07, 6.45) is -2.39. The van der Waals surface area contributed by atoms with Gasteiger partial charge in [-0.2, -0.15) is 13.2 Å². The Morgan fingerprint density at radius 1 is 0.952 bits per heavy atom. The summed E-state index contributed by atoms with van der Waals surface area (Å²) in [4.78, 5) is 0. The van der Waals surface area contributed by atoms with Gasteiger partial charge in [0.2, 0.25) is 0 Å². The van der Waals surface area contributed by atoms with Gasteiger partial charge in [-0.05, 0) is 42.0 Å². The molecular weight excluding hydrogens is 299 g/mol. The molecule has 0 spiro atoms. The number of hydrogen-bond donors (Lipinski definition) is 0. The highest BCUT2D eigenvalue weighted by molar-refractivity contribution is 6.31. The fourth-order valence-corrected chi connectivity index (χ4v) is 2.49. The number of rotatable bonds is 2. The Bertz CT molecular complexity index is 772. The van der Waals surface area contributed by atoms with Gasteiger partial charge in [0.15, 0.2) is 0 Å². The standard InChI is InChI=1S/C16H11ClF3N/c17-14-5-6-15-12(9-14)7-8-21(15)10-11-1-3-13(4-2-11)16(18,19)20/h1-9H,10H2. The predicted molar refractivity (Wildman–Crippen MR) is 77.5 cm³/mol. The second kappa shape index (κ2) is 5.11. The van der Waals surface area contributed by atoms with Crippen LogP contribution in [-0.2, 0) is 12.7 Å². The summed E-state index contributed by atoms with van der Waals surface area (Å²) >= 11 is 5.93. The van der Waals surface area contributed by atoms with Crippen molar-refractivity contribution in [2.24, 2.45) is 0 Å². The molecule has 0 aliphatic heterocycles. The molecule has 1 aromatic heterocycles. The van der Waals surface area contributed by atoms with Crippen LogP contribution >= 0.6 is 11.6 Å². The van der Waals surface area contributed by atoms with Crippen molar-refractivity contribution < 1.29 is 13.2 Å². The van der Waals surface area contributed by atoms with E-state index in [1.54, 1.807) is 6.07 Å². The van der Waals surface area contributed by atoms with Gasteiger partial charge in [0.25, 0.3) is 0 Å².